The van der Waals surface area contributed by atoms with Crippen LogP contribution in [0.3, 0.4) is 0 Å². The van der Waals surface area contributed by atoms with Gasteiger partial charge in [-0.1, -0.05) is 6.08 Å². The van der Waals surface area contributed by atoms with E-state index in [9.17, 15) is 9.59 Å². The van der Waals surface area contributed by atoms with Crippen molar-refractivity contribution in [3.8, 4) is 0 Å². The Morgan fingerprint density at radius 3 is 2.45 bits per heavy atom. The minimum Gasteiger partial charge on any atom is -0.476 e. The second-order valence-electron chi connectivity index (χ2n) is 6.00. The summed E-state index contributed by atoms with van der Waals surface area (Å²) in [5.41, 5.74) is 0.979. The Hall–Kier alpha value is -2.44. The van der Waals surface area contributed by atoms with Crippen molar-refractivity contribution < 1.29 is 19.4 Å². The standard InChI is InChI=1S/C15H19N3O4/c1-15(2,3)22-14(21)18-6-4-10(5-7-18)11-8-17-12(9-16-11)13(19)20/h4,8-9H,5-7H2,1-3H3,(H,19,20). The Labute approximate surface area is 128 Å². The molecule has 1 amide bonds. The largest absolute Gasteiger partial charge is 0.476 e. The quantitative estimate of drug-likeness (QED) is 0.900. The SMILES string of the molecule is CC(C)(C)OC(=O)N1CC=C(c2cnc(C(=O)O)cn2)CC1. The van der Waals surface area contributed by atoms with E-state index in [4.69, 9.17) is 9.84 Å². The number of aromatic carboxylic acids is 1. The first-order valence-corrected chi connectivity index (χ1v) is 6.99. The normalized spacial score (nSPS) is 15.2. The molecule has 2 rings (SSSR count). The van der Waals surface area contributed by atoms with Gasteiger partial charge in [0.05, 0.1) is 18.1 Å². The zero-order valence-corrected chi connectivity index (χ0v) is 12.9. The first kappa shape index (κ1) is 15.9. The van der Waals surface area contributed by atoms with Crippen LogP contribution in [0.15, 0.2) is 18.5 Å². The lowest BCUT2D eigenvalue weighted by atomic mass is 10.1. The monoisotopic (exact) mass is 305 g/mol. The van der Waals surface area contributed by atoms with Crippen LogP contribution in [0.5, 0.6) is 0 Å². The smallest absolute Gasteiger partial charge is 0.410 e. The zero-order valence-electron chi connectivity index (χ0n) is 12.9. The van der Waals surface area contributed by atoms with E-state index in [2.05, 4.69) is 9.97 Å². The van der Waals surface area contributed by atoms with Gasteiger partial charge in [0.15, 0.2) is 5.69 Å². The molecule has 0 radical (unpaired) electrons. The second kappa shape index (κ2) is 6.13. The molecule has 1 aromatic heterocycles. The highest BCUT2D eigenvalue weighted by Gasteiger charge is 2.24. The molecular weight excluding hydrogens is 286 g/mol. The first-order chi connectivity index (χ1) is 10.3. The maximum Gasteiger partial charge on any atom is 0.410 e. The molecule has 118 valence electrons. The van der Waals surface area contributed by atoms with Gasteiger partial charge in [0.2, 0.25) is 0 Å². The molecule has 1 N–H and O–H groups in total. The van der Waals surface area contributed by atoms with Crippen LogP contribution >= 0.6 is 0 Å². The van der Waals surface area contributed by atoms with Crippen molar-refractivity contribution in [2.75, 3.05) is 13.1 Å². The molecule has 0 bridgehead atoms. The average Bonchev–Trinajstić information content (AvgIpc) is 2.46. The molecule has 0 saturated carbocycles. The number of nitrogens with zero attached hydrogens (tertiary/aromatic N) is 3. The maximum atomic E-state index is 12.0. The Morgan fingerprint density at radius 2 is 2.00 bits per heavy atom. The van der Waals surface area contributed by atoms with Gasteiger partial charge in [0.1, 0.15) is 5.60 Å². The predicted molar refractivity (Wildman–Crippen MR) is 79.4 cm³/mol. The highest BCUT2D eigenvalue weighted by Crippen LogP contribution is 2.21. The van der Waals surface area contributed by atoms with Crippen molar-refractivity contribution in [3.05, 3.63) is 29.9 Å². The predicted octanol–water partition coefficient (Wildman–Crippen LogP) is 2.20. The Bertz CT molecular complexity index is 602. The Kier molecular flexibility index (Phi) is 4.44. The van der Waals surface area contributed by atoms with Crippen LogP contribution in [0, 0.1) is 0 Å². The number of carboxylic acid groups (broad SMARTS) is 1. The molecule has 7 heteroatoms. The van der Waals surface area contributed by atoms with E-state index in [1.54, 1.807) is 4.90 Å². The molecular formula is C15H19N3O4. The van der Waals surface area contributed by atoms with Crippen LogP contribution in [0.4, 0.5) is 4.79 Å². The summed E-state index contributed by atoms with van der Waals surface area (Å²) >= 11 is 0. The van der Waals surface area contributed by atoms with E-state index >= 15 is 0 Å². The molecule has 0 saturated heterocycles. The molecule has 0 aromatic carbocycles. The number of hydrogen-bond donors (Lipinski definition) is 1. The van der Waals surface area contributed by atoms with E-state index in [1.807, 2.05) is 26.8 Å². The van der Waals surface area contributed by atoms with Crippen LogP contribution in [0.2, 0.25) is 0 Å². The van der Waals surface area contributed by atoms with Crippen molar-refractivity contribution in [1.29, 1.82) is 0 Å². The average molecular weight is 305 g/mol. The van der Waals surface area contributed by atoms with Crippen molar-refractivity contribution in [2.45, 2.75) is 32.8 Å². The number of rotatable bonds is 2. The van der Waals surface area contributed by atoms with E-state index in [1.165, 1.54) is 12.4 Å². The number of carbonyl (C=O) groups excluding carboxylic acids is 1. The number of ether oxygens (including phenoxy) is 1. The highest BCUT2D eigenvalue weighted by molar-refractivity contribution is 5.85. The number of carboxylic acids is 1. The first-order valence-electron chi connectivity index (χ1n) is 6.99. The van der Waals surface area contributed by atoms with Gasteiger partial charge in [-0.05, 0) is 32.8 Å². The summed E-state index contributed by atoms with van der Waals surface area (Å²) in [6.07, 6.45) is 4.85. The third kappa shape index (κ3) is 4.03. The summed E-state index contributed by atoms with van der Waals surface area (Å²) in [5.74, 6) is -1.10. The fourth-order valence-corrected chi connectivity index (χ4v) is 2.00. The van der Waals surface area contributed by atoms with Crippen LogP contribution in [-0.4, -0.2) is 50.7 Å². The van der Waals surface area contributed by atoms with Gasteiger partial charge in [0.25, 0.3) is 0 Å². The van der Waals surface area contributed by atoms with Gasteiger partial charge < -0.3 is 14.7 Å². The molecule has 0 aliphatic carbocycles. The van der Waals surface area contributed by atoms with Crippen LogP contribution in [0.25, 0.3) is 5.57 Å². The van der Waals surface area contributed by atoms with E-state index < -0.39 is 11.6 Å². The van der Waals surface area contributed by atoms with Crippen LogP contribution < -0.4 is 0 Å². The lowest BCUT2D eigenvalue weighted by Gasteiger charge is -2.29. The number of aromatic nitrogens is 2. The summed E-state index contributed by atoms with van der Waals surface area (Å²) in [6, 6.07) is 0. The molecule has 0 fully saturated rings. The van der Waals surface area contributed by atoms with Gasteiger partial charge in [-0.15, -0.1) is 0 Å². The van der Waals surface area contributed by atoms with Gasteiger partial charge in [-0.3, -0.25) is 4.98 Å². The molecule has 0 atom stereocenters. The van der Waals surface area contributed by atoms with Gasteiger partial charge in [-0.2, -0.15) is 0 Å². The number of amides is 1. The third-order valence-electron chi connectivity index (χ3n) is 3.06. The summed E-state index contributed by atoms with van der Waals surface area (Å²) in [5, 5.41) is 8.80. The fraction of sp³-hybridized carbons (Fsp3) is 0.467. The molecule has 1 aliphatic rings. The molecule has 1 aromatic rings. The van der Waals surface area contributed by atoms with Crippen LogP contribution in [-0.2, 0) is 4.74 Å². The molecule has 2 heterocycles. The molecule has 0 unspecified atom stereocenters. The van der Waals surface area contributed by atoms with E-state index in [0.29, 0.717) is 25.2 Å². The van der Waals surface area contributed by atoms with Gasteiger partial charge in [0, 0.05) is 13.1 Å². The van der Waals surface area contributed by atoms with Crippen molar-refractivity contribution in [1.82, 2.24) is 14.9 Å². The second-order valence-corrected chi connectivity index (χ2v) is 6.00. The minimum absolute atomic E-state index is 0.0875. The summed E-state index contributed by atoms with van der Waals surface area (Å²) in [7, 11) is 0. The van der Waals surface area contributed by atoms with Crippen molar-refractivity contribution in [2.24, 2.45) is 0 Å². The fourth-order valence-electron chi connectivity index (χ4n) is 2.00. The highest BCUT2D eigenvalue weighted by atomic mass is 16.6. The summed E-state index contributed by atoms with van der Waals surface area (Å²) < 4.78 is 5.32. The summed E-state index contributed by atoms with van der Waals surface area (Å²) in [4.78, 5) is 32.3. The topological polar surface area (TPSA) is 92.6 Å². The lowest BCUT2D eigenvalue weighted by molar-refractivity contribution is 0.0270. The third-order valence-corrected chi connectivity index (χ3v) is 3.06. The van der Waals surface area contributed by atoms with E-state index in [0.717, 1.165) is 5.57 Å². The van der Waals surface area contributed by atoms with Gasteiger partial charge in [-0.25, -0.2) is 14.6 Å². The number of carbonyl (C=O) groups is 2. The van der Waals surface area contributed by atoms with Crippen LogP contribution in [0.1, 0.15) is 43.4 Å². The minimum atomic E-state index is -1.10. The molecule has 22 heavy (non-hydrogen) atoms. The maximum absolute atomic E-state index is 12.0. The molecule has 7 nitrogen and oxygen atoms in total. The molecule has 0 spiro atoms. The Balaban J connectivity index is 2.02. The summed E-state index contributed by atoms with van der Waals surface area (Å²) in [6.45, 7) is 6.46. The number of hydrogen-bond acceptors (Lipinski definition) is 5. The molecule has 1 aliphatic heterocycles. The van der Waals surface area contributed by atoms with Crippen molar-refractivity contribution in [3.63, 3.8) is 0 Å². The van der Waals surface area contributed by atoms with Crippen molar-refractivity contribution >= 4 is 17.6 Å². The van der Waals surface area contributed by atoms with E-state index in [-0.39, 0.29) is 11.8 Å². The lowest BCUT2D eigenvalue weighted by Crippen LogP contribution is -2.39. The zero-order chi connectivity index (χ0) is 16.3. The van der Waals surface area contributed by atoms with Gasteiger partial charge >= 0.3 is 12.1 Å². The Morgan fingerprint density at radius 1 is 1.27 bits per heavy atom.